The molecule has 0 aliphatic carbocycles. The number of hydrogen-bond acceptors (Lipinski definition) is 6. The van der Waals surface area contributed by atoms with Crippen LogP contribution in [0.2, 0.25) is 0 Å². The van der Waals surface area contributed by atoms with Crippen molar-refractivity contribution in [2.45, 2.75) is 12.7 Å². The van der Waals surface area contributed by atoms with Crippen molar-refractivity contribution in [3.05, 3.63) is 66.2 Å². The lowest BCUT2D eigenvalue weighted by atomic mass is 10.1. The molecule has 1 aliphatic heterocycles. The first-order chi connectivity index (χ1) is 14.6. The number of halogens is 3. The van der Waals surface area contributed by atoms with Gasteiger partial charge in [0.25, 0.3) is 5.91 Å². The fourth-order valence-corrected chi connectivity index (χ4v) is 3.02. The van der Waals surface area contributed by atoms with Crippen molar-refractivity contribution in [3.63, 3.8) is 0 Å². The van der Waals surface area contributed by atoms with Gasteiger partial charge in [0.05, 0.1) is 18.4 Å². The fourth-order valence-electron chi connectivity index (χ4n) is 3.02. The molecule has 0 radical (unpaired) electrons. The number of aromatic nitrogens is 3. The average molecular weight is 452 g/mol. The van der Waals surface area contributed by atoms with Gasteiger partial charge in [-0.2, -0.15) is 8.78 Å². The van der Waals surface area contributed by atoms with Crippen molar-refractivity contribution in [2.24, 2.45) is 0 Å². The highest BCUT2D eigenvalue weighted by Gasteiger charge is 2.16. The first-order valence-electron chi connectivity index (χ1n) is 9.29. The normalized spacial score (nSPS) is 15.9. The number of alkyl halides is 2. The van der Waals surface area contributed by atoms with Crippen LogP contribution in [0.25, 0.3) is 5.69 Å². The Balaban J connectivity index is 0.00000272. The summed E-state index contributed by atoms with van der Waals surface area (Å²) in [5, 5.41) is 10.2. The molecule has 164 valence electrons. The van der Waals surface area contributed by atoms with Gasteiger partial charge in [-0.3, -0.25) is 4.79 Å². The zero-order valence-electron chi connectivity index (χ0n) is 16.2. The maximum absolute atomic E-state index is 12.4. The summed E-state index contributed by atoms with van der Waals surface area (Å²) in [7, 11) is 0. The van der Waals surface area contributed by atoms with Crippen LogP contribution in [0.4, 0.5) is 14.5 Å². The number of ether oxygens (including phenoxy) is 2. The fraction of sp³-hybridized carbons (Fsp3) is 0.250. The van der Waals surface area contributed by atoms with Crippen molar-refractivity contribution in [2.75, 3.05) is 25.0 Å². The summed E-state index contributed by atoms with van der Waals surface area (Å²) < 4.78 is 35.8. The number of nitrogens with zero attached hydrogens (tertiary/aromatic N) is 3. The number of anilines is 1. The Hall–Kier alpha value is -3.08. The second-order valence-corrected chi connectivity index (χ2v) is 6.52. The van der Waals surface area contributed by atoms with E-state index >= 15 is 0 Å². The van der Waals surface area contributed by atoms with E-state index in [0.717, 1.165) is 18.7 Å². The van der Waals surface area contributed by atoms with Crippen molar-refractivity contribution in [3.8, 4) is 11.4 Å². The maximum atomic E-state index is 12.4. The number of nitrogens with one attached hydrogen (secondary N) is 2. The third kappa shape index (κ3) is 5.75. The van der Waals surface area contributed by atoms with E-state index in [9.17, 15) is 13.6 Å². The van der Waals surface area contributed by atoms with Crippen LogP contribution in [0.3, 0.4) is 0 Å². The molecule has 1 aromatic heterocycles. The molecule has 0 saturated carbocycles. The van der Waals surface area contributed by atoms with Gasteiger partial charge in [-0.05, 0) is 42.0 Å². The van der Waals surface area contributed by atoms with Gasteiger partial charge in [0, 0.05) is 18.8 Å². The van der Waals surface area contributed by atoms with Crippen LogP contribution in [0, 0.1) is 0 Å². The molecule has 2 aromatic carbocycles. The van der Waals surface area contributed by atoms with E-state index in [2.05, 4.69) is 25.5 Å². The van der Waals surface area contributed by atoms with Gasteiger partial charge in [0.2, 0.25) is 5.82 Å². The summed E-state index contributed by atoms with van der Waals surface area (Å²) in [6.07, 6.45) is 1.37. The Bertz CT molecular complexity index is 993. The molecule has 0 unspecified atom stereocenters. The quantitative estimate of drug-likeness (QED) is 0.598. The Labute approximate surface area is 183 Å². The summed E-state index contributed by atoms with van der Waals surface area (Å²) in [5.41, 5.74) is 2.19. The minimum atomic E-state index is -2.89. The minimum Gasteiger partial charge on any atom is -0.435 e. The molecule has 2 N–H and O–H groups in total. The van der Waals surface area contributed by atoms with E-state index in [4.69, 9.17) is 4.74 Å². The van der Waals surface area contributed by atoms with Gasteiger partial charge in [0.15, 0.2) is 0 Å². The van der Waals surface area contributed by atoms with E-state index in [1.807, 2.05) is 12.1 Å². The van der Waals surface area contributed by atoms with Gasteiger partial charge in [-0.1, -0.05) is 12.1 Å². The molecule has 31 heavy (non-hydrogen) atoms. The number of carbonyl (C=O) groups excluding carboxylic acids is 1. The van der Waals surface area contributed by atoms with Crippen molar-refractivity contribution in [1.82, 2.24) is 20.1 Å². The molecule has 0 bridgehead atoms. The van der Waals surface area contributed by atoms with Crippen LogP contribution >= 0.6 is 12.4 Å². The van der Waals surface area contributed by atoms with Crippen LogP contribution in [0.5, 0.6) is 5.75 Å². The minimum absolute atomic E-state index is 0. The van der Waals surface area contributed by atoms with Crippen LogP contribution in [0.15, 0.2) is 54.9 Å². The predicted molar refractivity (Wildman–Crippen MR) is 111 cm³/mol. The van der Waals surface area contributed by atoms with Gasteiger partial charge >= 0.3 is 6.61 Å². The summed E-state index contributed by atoms with van der Waals surface area (Å²) in [5.74, 6) is -0.453. The monoisotopic (exact) mass is 451 g/mol. The highest BCUT2D eigenvalue weighted by atomic mass is 35.5. The molecule has 3 aromatic rings. The van der Waals surface area contributed by atoms with Crippen molar-refractivity contribution >= 4 is 24.0 Å². The molecule has 2 heterocycles. The highest BCUT2D eigenvalue weighted by Crippen LogP contribution is 2.21. The van der Waals surface area contributed by atoms with Gasteiger partial charge in [-0.15, -0.1) is 17.5 Å². The van der Waals surface area contributed by atoms with Crippen LogP contribution in [0.1, 0.15) is 22.3 Å². The van der Waals surface area contributed by atoms with Crippen LogP contribution < -0.4 is 15.4 Å². The number of morpholine rings is 1. The van der Waals surface area contributed by atoms with Gasteiger partial charge in [0.1, 0.15) is 12.1 Å². The number of hydrogen-bond donors (Lipinski definition) is 2. The predicted octanol–water partition coefficient (Wildman–Crippen LogP) is 3.20. The van der Waals surface area contributed by atoms with E-state index in [1.165, 1.54) is 35.3 Å². The lowest BCUT2D eigenvalue weighted by Gasteiger charge is -2.24. The SMILES string of the molecule is Cl.O=C(Nc1ccc([C@H]2CNCCO2)cc1)c1ncn(-c2ccc(OC(F)F)cc2)n1. The molecule has 4 rings (SSSR count). The smallest absolute Gasteiger partial charge is 0.387 e. The third-order valence-electron chi connectivity index (χ3n) is 4.49. The topological polar surface area (TPSA) is 90.3 Å². The lowest BCUT2D eigenvalue weighted by Crippen LogP contribution is -2.33. The zero-order chi connectivity index (χ0) is 20.9. The number of benzene rings is 2. The van der Waals surface area contributed by atoms with E-state index in [1.54, 1.807) is 12.1 Å². The standard InChI is InChI=1S/C20H19F2N5O3.ClH/c21-20(22)30-16-7-5-15(6-8-16)27-12-24-18(26-27)19(28)25-14-3-1-13(2-4-14)17-11-23-9-10-29-17;/h1-8,12,17,20,23H,9-11H2,(H,25,28);1H/t17-;/m1./s1. The van der Waals surface area contributed by atoms with Crippen LogP contribution in [-0.4, -0.2) is 47.0 Å². The van der Waals surface area contributed by atoms with Crippen LogP contribution in [-0.2, 0) is 4.74 Å². The molecular formula is C20H20ClF2N5O3. The first kappa shape index (κ1) is 22.6. The molecular weight excluding hydrogens is 432 g/mol. The third-order valence-corrected chi connectivity index (χ3v) is 4.49. The summed E-state index contributed by atoms with van der Waals surface area (Å²) in [4.78, 5) is 16.4. The zero-order valence-corrected chi connectivity index (χ0v) is 17.0. The lowest BCUT2D eigenvalue weighted by molar-refractivity contribution is -0.0498. The molecule has 8 nitrogen and oxygen atoms in total. The number of amides is 1. The highest BCUT2D eigenvalue weighted by molar-refractivity contribution is 6.01. The van der Waals surface area contributed by atoms with E-state index in [0.29, 0.717) is 18.0 Å². The summed E-state index contributed by atoms with van der Waals surface area (Å²) in [6, 6.07) is 13.2. The Morgan fingerprint density at radius 3 is 2.58 bits per heavy atom. The second kappa shape index (κ2) is 10.3. The number of rotatable bonds is 6. The van der Waals surface area contributed by atoms with Gasteiger partial charge in [-0.25, -0.2) is 9.67 Å². The second-order valence-electron chi connectivity index (χ2n) is 6.52. The molecule has 1 atom stereocenters. The molecule has 1 saturated heterocycles. The first-order valence-corrected chi connectivity index (χ1v) is 9.29. The van der Waals surface area contributed by atoms with Gasteiger partial charge < -0.3 is 20.1 Å². The molecule has 1 aliphatic rings. The molecule has 1 amide bonds. The molecule has 0 spiro atoms. The largest absolute Gasteiger partial charge is 0.435 e. The van der Waals surface area contributed by atoms with Crippen molar-refractivity contribution < 1.29 is 23.0 Å². The Morgan fingerprint density at radius 1 is 1.19 bits per heavy atom. The summed E-state index contributed by atoms with van der Waals surface area (Å²) >= 11 is 0. The molecule has 11 heteroatoms. The molecule has 1 fully saturated rings. The Morgan fingerprint density at radius 2 is 1.94 bits per heavy atom. The van der Waals surface area contributed by atoms with E-state index in [-0.39, 0.29) is 30.1 Å². The summed E-state index contributed by atoms with van der Waals surface area (Å²) in [6.45, 7) is -0.627. The van der Waals surface area contributed by atoms with Crippen molar-refractivity contribution in [1.29, 1.82) is 0 Å². The maximum Gasteiger partial charge on any atom is 0.387 e. The number of carbonyl (C=O) groups is 1. The Kier molecular flexibility index (Phi) is 7.50. The average Bonchev–Trinajstić information content (AvgIpc) is 3.25. The van der Waals surface area contributed by atoms with E-state index < -0.39 is 12.5 Å².